The molecule has 1 fully saturated rings. The van der Waals surface area contributed by atoms with E-state index in [2.05, 4.69) is 22.2 Å². The maximum atomic E-state index is 12.1. The molecule has 0 bridgehead atoms. The standard InChI is InChI=1S/C17H23ClN4O2/c1-13-4-7-21(8-5-13)12-15-2-3-16(24-15)17(23)19-6-9-22-11-14(18)10-20-22/h2-3,10-11,13H,4-9,12H2,1H3,(H,19,23). The highest BCUT2D eigenvalue weighted by Gasteiger charge is 2.18. The van der Waals surface area contributed by atoms with Gasteiger partial charge in [-0.2, -0.15) is 5.10 Å². The molecule has 0 aromatic carbocycles. The second-order valence-corrected chi connectivity index (χ2v) is 6.84. The zero-order valence-corrected chi connectivity index (χ0v) is 14.6. The van der Waals surface area contributed by atoms with Crippen molar-refractivity contribution in [3.05, 3.63) is 41.1 Å². The largest absolute Gasteiger partial charge is 0.455 e. The van der Waals surface area contributed by atoms with Gasteiger partial charge in [0.15, 0.2) is 5.76 Å². The predicted octanol–water partition coefficient (Wildman–Crippen LogP) is 2.79. The van der Waals surface area contributed by atoms with Crippen LogP contribution in [0, 0.1) is 5.92 Å². The first-order valence-electron chi connectivity index (χ1n) is 8.37. The number of piperidine rings is 1. The lowest BCUT2D eigenvalue weighted by Crippen LogP contribution is -2.32. The van der Waals surface area contributed by atoms with Crippen molar-refractivity contribution >= 4 is 17.5 Å². The van der Waals surface area contributed by atoms with Crippen LogP contribution in [0.15, 0.2) is 28.9 Å². The molecular weight excluding hydrogens is 328 g/mol. The lowest BCUT2D eigenvalue weighted by molar-refractivity contribution is 0.0919. The monoisotopic (exact) mass is 350 g/mol. The minimum absolute atomic E-state index is 0.202. The van der Waals surface area contributed by atoms with E-state index in [1.807, 2.05) is 6.07 Å². The van der Waals surface area contributed by atoms with E-state index in [-0.39, 0.29) is 5.91 Å². The van der Waals surface area contributed by atoms with Crippen LogP contribution in [0.25, 0.3) is 0 Å². The number of halogens is 1. The predicted molar refractivity (Wildman–Crippen MR) is 92.0 cm³/mol. The highest BCUT2D eigenvalue weighted by molar-refractivity contribution is 6.30. The van der Waals surface area contributed by atoms with Crippen LogP contribution in [-0.2, 0) is 13.1 Å². The molecule has 0 saturated carbocycles. The van der Waals surface area contributed by atoms with Crippen molar-refractivity contribution in [3.63, 3.8) is 0 Å². The third-order valence-electron chi connectivity index (χ3n) is 4.37. The Morgan fingerprint density at radius 1 is 1.42 bits per heavy atom. The topological polar surface area (TPSA) is 63.3 Å². The van der Waals surface area contributed by atoms with Crippen molar-refractivity contribution in [2.45, 2.75) is 32.9 Å². The Balaban J connectivity index is 1.45. The average molecular weight is 351 g/mol. The summed E-state index contributed by atoms with van der Waals surface area (Å²) in [4.78, 5) is 14.5. The molecule has 1 aliphatic heterocycles. The van der Waals surface area contributed by atoms with Crippen molar-refractivity contribution in [3.8, 4) is 0 Å². The Bertz CT molecular complexity index is 674. The van der Waals surface area contributed by atoms with E-state index in [4.69, 9.17) is 16.0 Å². The molecule has 0 atom stereocenters. The van der Waals surface area contributed by atoms with Gasteiger partial charge in [0.1, 0.15) is 5.76 Å². The van der Waals surface area contributed by atoms with E-state index >= 15 is 0 Å². The molecule has 6 nitrogen and oxygen atoms in total. The molecule has 3 heterocycles. The minimum Gasteiger partial charge on any atom is -0.455 e. The molecule has 130 valence electrons. The van der Waals surface area contributed by atoms with Crippen molar-refractivity contribution in [1.29, 1.82) is 0 Å². The summed E-state index contributed by atoms with van der Waals surface area (Å²) in [6, 6.07) is 3.63. The van der Waals surface area contributed by atoms with Crippen LogP contribution in [0.4, 0.5) is 0 Å². The fourth-order valence-electron chi connectivity index (χ4n) is 2.86. The fraction of sp³-hybridized carbons (Fsp3) is 0.529. The molecule has 0 unspecified atom stereocenters. The summed E-state index contributed by atoms with van der Waals surface area (Å²) in [5.74, 6) is 1.80. The number of nitrogens with zero attached hydrogens (tertiary/aromatic N) is 3. The van der Waals surface area contributed by atoms with E-state index in [1.165, 1.54) is 12.8 Å². The number of rotatable bonds is 6. The van der Waals surface area contributed by atoms with Crippen LogP contribution in [-0.4, -0.2) is 40.2 Å². The molecule has 1 N–H and O–H groups in total. The van der Waals surface area contributed by atoms with Crippen LogP contribution >= 0.6 is 11.6 Å². The van der Waals surface area contributed by atoms with E-state index in [9.17, 15) is 4.79 Å². The lowest BCUT2D eigenvalue weighted by atomic mass is 9.99. The summed E-state index contributed by atoms with van der Waals surface area (Å²) < 4.78 is 7.37. The molecule has 3 rings (SSSR count). The second kappa shape index (κ2) is 7.85. The van der Waals surface area contributed by atoms with Crippen LogP contribution in [0.3, 0.4) is 0 Å². The molecule has 7 heteroatoms. The van der Waals surface area contributed by atoms with Crippen LogP contribution in [0.2, 0.25) is 5.02 Å². The van der Waals surface area contributed by atoms with Gasteiger partial charge in [-0.05, 0) is 44.0 Å². The van der Waals surface area contributed by atoms with Gasteiger partial charge in [0.2, 0.25) is 0 Å². The van der Waals surface area contributed by atoms with Gasteiger partial charge in [-0.3, -0.25) is 14.4 Å². The first-order chi connectivity index (χ1) is 11.6. The molecule has 2 aromatic heterocycles. The zero-order valence-electron chi connectivity index (χ0n) is 13.9. The molecule has 24 heavy (non-hydrogen) atoms. The Kier molecular flexibility index (Phi) is 5.58. The van der Waals surface area contributed by atoms with E-state index in [0.717, 1.165) is 31.3 Å². The molecule has 1 amide bonds. The number of likely N-dealkylation sites (tertiary alicyclic amines) is 1. The molecule has 1 aliphatic rings. The van der Waals surface area contributed by atoms with Crippen molar-refractivity contribution in [1.82, 2.24) is 20.0 Å². The Labute approximate surface area is 146 Å². The fourth-order valence-corrected chi connectivity index (χ4v) is 3.01. The van der Waals surface area contributed by atoms with Gasteiger partial charge in [0.05, 0.1) is 24.3 Å². The zero-order chi connectivity index (χ0) is 16.9. The third kappa shape index (κ3) is 4.61. The summed E-state index contributed by atoms with van der Waals surface area (Å²) in [7, 11) is 0. The number of carbonyl (C=O) groups is 1. The third-order valence-corrected chi connectivity index (χ3v) is 4.56. The van der Waals surface area contributed by atoms with Gasteiger partial charge in [-0.25, -0.2) is 0 Å². The van der Waals surface area contributed by atoms with Crippen LogP contribution in [0.1, 0.15) is 36.1 Å². The quantitative estimate of drug-likeness (QED) is 0.870. The minimum atomic E-state index is -0.202. The maximum absolute atomic E-state index is 12.1. The van der Waals surface area contributed by atoms with Gasteiger partial charge < -0.3 is 9.73 Å². The Morgan fingerprint density at radius 2 is 2.21 bits per heavy atom. The first kappa shape index (κ1) is 17.0. The number of hydrogen-bond acceptors (Lipinski definition) is 4. The SMILES string of the molecule is CC1CCN(Cc2ccc(C(=O)NCCn3cc(Cl)cn3)o2)CC1. The number of nitrogens with one attached hydrogen (secondary N) is 1. The maximum Gasteiger partial charge on any atom is 0.287 e. The second-order valence-electron chi connectivity index (χ2n) is 6.40. The normalized spacial score (nSPS) is 16.4. The number of carbonyl (C=O) groups excluding carboxylic acids is 1. The highest BCUT2D eigenvalue weighted by Crippen LogP contribution is 2.19. The number of furan rings is 1. The first-order valence-corrected chi connectivity index (χ1v) is 8.75. The van der Waals surface area contributed by atoms with Gasteiger partial charge in [-0.15, -0.1) is 0 Å². The highest BCUT2D eigenvalue weighted by atomic mass is 35.5. The van der Waals surface area contributed by atoms with Crippen molar-refractivity contribution in [2.24, 2.45) is 5.92 Å². The molecule has 0 aliphatic carbocycles. The molecule has 1 saturated heterocycles. The summed E-state index contributed by atoms with van der Waals surface area (Å²) in [5, 5.41) is 7.48. The number of amides is 1. The van der Waals surface area contributed by atoms with Crippen LogP contribution < -0.4 is 5.32 Å². The molecule has 0 spiro atoms. The summed E-state index contributed by atoms with van der Waals surface area (Å²) >= 11 is 5.80. The Hall–Kier alpha value is -1.79. The summed E-state index contributed by atoms with van der Waals surface area (Å²) in [6.07, 6.45) is 5.75. The average Bonchev–Trinajstić information content (AvgIpc) is 3.19. The molecule has 2 aromatic rings. The van der Waals surface area contributed by atoms with E-state index in [0.29, 0.717) is 23.9 Å². The van der Waals surface area contributed by atoms with Crippen LogP contribution in [0.5, 0.6) is 0 Å². The van der Waals surface area contributed by atoms with E-state index in [1.54, 1.807) is 23.1 Å². The smallest absolute Gasteiger partial charge is 0.287 e. The summed E-state index contributed by atoms with van der Waals surface area (Å²) in [6.45, 7) is 6.29. The lowest BCUT2D eigenvalue weighted by Gasteiger charge is -2.29. The van der Waals surface area contributed by atoms with Crippen molar-refractivity contribution < 1.29 is 9.21 Å². The van der Waals surface area contributed by atoms with Crippen molar-refractivity contribution in [2.75, 3.05) is 19.6 Å². The van der Waals surface area contributed by atoms with Gasteiger partial charge in [-0.1, -0.05) is 18.5 Å². The van der Waals surface area contributed by atoms with Gasteiger partial charge >= 0.3 is 0 Å². The molecular formula is C17H23ClN4O2. The number of hydrogen-bond donors (Lipinski definition) is 1. The Morgan fingerprint density at radius 3 is 2.92 bits per heavy atom. The number of aromatic nitrogens is 2. The van der Waals surface area contributed by atoms with Gasteiger partial charge in [0.25, 0.3) is 5.91 Å². The molecule has 0 radical (unpaired) electrons. The van der Waals surface area contributed by atoms with E-state index < -0.39 is 0 Å². The summed E-state index contributed by atoms with van der Waals surface area (Å²) in [5.41, 5.74) is 0. The van der Waals surface area contributed by atoms with Gasteiger partial charge in [0, 0.05) is 12.7 Å².